The van der Waals surface area contributed by atoms with E-state index in [4.69, 9.17) is 5.73 Å². The van der Waals surface area contributed by atoms with E-state index in [-0.39, 0.29) is 31.1 Å². The van der Waals surface area contributed by atoms with Crippen LogP contribution in [0.25, 0.3) is 0 Å². The molecule has 8 heteroatoms. The first kappa shape index (κ1) is 19.3. The van der Waals surface area contributed by atoms with Crippen LogP contribution in [0.1, 0.15) is 68.4 Å². The number of likely N-dealkylation sites (tertiary alicyclic amines) is 1. The Balaban J connectivity index is 1.64. The Kier molecular flexibility index (Phi) is 5.94. The molecule has 1 aromatic heterocycles. The van der Waals surface area contributed by atoms with E-state index in [0.717, 1.165) is 38.5 Å². The van der Waals surface area contributed by atoms with Crippen LogP contribution >= 0.6 is 0 Å². The van der Waals surface area contributed by atoms with E-state index < -0.39 is 11.5 Å². The third-order valence-corrected chi connectivity index (χ3v) is 6.17. The van der Waals surface area contributed by atoms with Crippen LogP contribution in [-0.2, 0) is 0 Å². The molecule has 0 unspecified atom stereocenters. The number of aliphatic hydroxyl groups excluding tert-OH is 2. The van der Waals surface area contributed by atoms with Crippen LogP contribution in [0.2, 0.25) is 0 Å². The average molecular weight is 365 g/mol. The van der Waals surface area contributed by atoms with Crippen molar-refractivity contribution in [3.63, 3.8) is 0 Å². The lowest BCUT2D eigenvalue weighted by Crippen LogP contribution is -2.54. The quantitative estimate of drug-likeness (QED) is 0.707. The number of β-amino-alcohol motifs (C(OH)–C–C–N with tert-alkyl or cyclic N) is 1. The fourth-order valence-electron chi connectivity index (χ4n) is 4.34. The van der Waals surface area contributed by atoms with Crippen LogP contribution < -0.4 is 5.73 Å². The first-order chi connectivity index (χ1) is 12.5. The Labute approximate surface area is 154 Å². The summed E-state index contributed by atoms with van der Waals surface area (Å²) < 4.78 is 1.79. The summed E-state index contributed by atoms with van der Waals surface area (Å²) in [5.74, 6) is -0.203. The summed E-state index contributed by atoms with van der Waals surface area (Å²) in [4.78, 5) is 14.4. The van der Waals surface area contributed by atoms with Crippen LogP contribution in [0.3, 0.4) is 0 Å². The molecule has 26 heavy (non-hydrogen) atoms. The van der Waals surface area contributed by atoms with Crippen molar-refractivity contribution in [2.75, 3.05) is 19.7 Å². The monoisotopic (exact) mass is 365 g/mol. The van der Waals surface area contributed by atoms with Gasteiger partial charge in [0.2, 0.25) is 0 Å². The molecule has 0 bridgehead atoms. The number of rotatable bonds is 5. The maximum atomic E-state index is 12.8. The van der Waals surface area contributed by atoms with E-state index in [9.17, 15) is 15.0 Å². The SMILES string of the molecule is CCC[C@]1(CO)CCN(C(=O)c2cn(C3CCC(N)CC3)nn2)C[C@H]1O. The lowest BCUT2D eigenvalue weighted by molar-refractivity contribution is -0.0714. The molecule has 2 atom stereocenters. The second-order valence-corrected chi connectivity index (χ2v) is 7.94. The summed E-state index contributed by atoms with van der Waals surface area (Å²) in [5, 5.41) is 28.5. The standard InChI is InChI=1S/C18H31N5O3/c1-2-7-18(12-24)8-9-22(11-16(18)25)17(26)15-10-23(21-20-15)14-5-3-13(19)4-6-14/h10,13-14,16,24-25H,2-9,11-12,19H2,1H3/t13?,14?,16-,18-/m1/s1. The van der Waals surface area contributed by atoms with E-state index in [2.05, 4.69) is 10.3 Å². The predicted molar refractivity (Wildman–Crippen MR) is 96.5 cm³/mol. The highest BCUT2D eigenvalue weighted by Gasteiger charge is 2.42. The van der Waals surface area contributed by atoms with Gasteiger partial charge >= 0.3 is 0 Å². The first-order valence-electron chi connectivity index (χ1n) is 9.74. The van der Waals surface area contributed by atoms with E-state index in [1.165, 1.54) is 0 Å². The second kappa shape index (κ2) is 8.02. The smallest absolute Gasteiger partial charge is 0.276 e. The number of carbonyl (C=O) groups excluding carboxylic acids is 1. The van der Waals surface area contributed by atoms with E-state index in [1.54, 1.807) is 15.8 Å². The number of hydrogen-bond donors (Lipinski definition) is 3. The zero-order valence-corrected chi connectivity index (χ0v) is 15.5. The normalized spacial score (nSPS) is 32.6. The largest absolute Gasteiger partial charge is 0.396 e. The molecule has 1 aliphatic heterocycles. The van der Waals surface area contributed by atoms with Crippen molar-refractivity contribution in [1.29, 1.82) is 0 Å². The maximum Gasteiger partial charge on any atom is 0.276 e. The first-order valence-corrected chi connectivity index (χ1v) is 9.74. The molecule has 3 rings (SSSR count). The van der Waals surface area contributed by atoms with Crippen molar-refractivity contribution in [3.05, 3.63) is 11.9 Å². The zero-order chi connectivity index (χ0) is 18.7. The molecular formula is C18H31N5O3. The summed E-state index contributed by atoms with van der Waals surface area (Å²) in [6.45, 7) is 2.73. The van der Waals surface area contributed by atoms with Gasteiger partial charge in [0.05, 0.1) is 24.9 Å². The maximum absolute atomic E-state index is 12.8. The van der Waals surface area contributed by atoms with Crippen molar-refractivity contribution in [3.8, 4) is 0 Å². The number of carbonyl (C=O) groups is 1. The molecule has 1 saturated heterocycles. The highest BCUT2D eigenvalue weighted by Crippen LogP contribution is 2.36. The molecule has 2 aliphatic rings. The molecule has 0 spiro atoms. The van der Waals surface area contributed by atoms with Gasteiger partial charge in [-0.15, -0.1) is 5.10 Å². The van der Waals surface area contributed by atoms with Crippen LogP contribution in [0, 0.1) is 5.41 Å². The van der Waals surface area contributed by atoms with E-state index in [0.29, 0.717) is 18.7 Å². The van der Waals surface area contributed by atoms with Crippen molar-refractivity contribution < 1.29 is 15.0 Å². The molecule has 8 nitrogen and oxygen atoms in total. The number of amides is 1. The number of hydrogen-bond acceptors (Lipinski definition) is 6. The minimum atomic E-state index is -0.722. The summed E-state index contributed by atoms with van der Waals surface area (Å²) in [7, 11) is 0. The average Bonchev–Trinajstić information content (AvgIpc) is 3.13. The summed E-state index contributed by atoms with van der Waals surface area (Å²) >= 11 is 0. The summed E-state index contributed by atoms with van der Waals surface area (Å²) in [6, 6.07) is 0.517. The van der Waals surface area contributed by atoms with Gasteiger partial charge in [0.25, 0.3) is 5.91 Å². The third kappa shape index (κ3) is 3.77. The molecule has 2 heterocycles. The minimum absolute atomic E-state index is 0.0516. The van der Waals surface area contributed by atoms with Gasteiger partial charge < -0.3 is 20.8 Å². The van der Waals surface area contributed by atoms with Gasteiger partial charge in [-0.3, -0.25) is 4.79 Å². The molecule has 1 aromatic rings. The minimum Gasteiger partial charge on any atom is -0.396 e. The van der Waals surface area contributed by atoms with Crippen molar-refractivity contribution in [1.82, 2.24) is 19.9 Å². The Morgan fingerprint density at radius 1 is 1.38 bits per heavy atom. The molecule has 1 aliphatic carbocycles. The van der Waals surface area contributed by atoms with Gasteiger partial charge in [0, 0.05) is 24.5 Å². The number of aromatic nitrogens is 3. The number of nitrogens with zero attached hydrogens (tertiary/aromatic N) is 4. The van der Waals surface area contributed by atoms with Crippen molar-refractivity contribution >= 4 is 5.91 Å². The fraction of sp³-hybridized carbons (Fsp3) is 0.833. The van der Waals surface area contributed by atoms with Gasteiger partial charge in [-0.2, -0.15) is 0 Å². The molecule has 4 N–H and O–H groups in total. The van der Waals surface area contributed by atoms with Gasteiger partial charge in [0.15, 0.2) is 5.69 Å². The van der Waals surface area contributed by atoms with E-state index in [1.807, 2.05) is 6.92 Å². The summed E-state index contributed by atoms with van der Waals surface area (Å²) in [6.07, 6.45) is 7.08. The van der Waals surface area contributed by atoms with Crippen LogP contribution in [0.4, 0.5) is 0 Å². The van der Waals surface area contributed by atoms with Crippen LogP contribution in [0.5, 0.6) is 0 Å². The molecular weight excluding hydrogens is 334 g/mol. The Hall–Kier alpha value is -1.51. The van der Waals surface area contributed by atoms with E-state index >= 15 is 0 Å². The Morgan fingerprint density at radius 2 is 2.12 bits per heavy atom. The van der Waals surface area contributed by atoms with Gasteiger partial charge in [-0.05, 0) is 38.5 Å². The zero-order valence-electron chi connectivity index (χ0n) is 15.5. The molecule has 0 radical (unpaired) electrons. The Morgan fingerprint density at radius 3 is 2.73 bits per heavy atom. The second-order valence-electron chi connectivity index (χ2n) is 7.94. The van der Waals surface area contributed by atoms with Gasteiger partial charge in [-0.1, -0.05) is 18.6 Å². The predicted octanol–water partition coefficient (Wildman–Crippen LogP) is 0.706. The third-order valence-electron chi connectivity index (χ3n) is 6.17. The molecule has 1 saturated carbocycles. The van der Waals surface area contributed by atoms with Crippen molar-refractivity contribution in [2.45, 2.75) is 70.1 Å². The molecule has 0 aromatic carbocycles. The number of nitrogens with two attached hydrogens (primary N) is 1. The highest BCUT2D eigenvalue weighted by atomic mass is 16.3. The molecule has 1 amide bonds. The van der Waals surface area contributed by atoms with Gasteiger partial charge in [-0.25, -0.2) is 4.68 Å². The van der Waals surface area contributed by atoms with Crippen LogP contribution in [0.15, 0.2) is 6.20 Å². The highest BCUT2D eigenvalue weighted by molar-refractivity contribution is 5.92. The molecule has 2 fully saturated rings. The number of piperidine rings is 1. The number of aliphatic hydroxyl groups is 2. The Bertz CT molecular complexity index is 614. The fourth-order valence-corrected chi connectivity index (χ4v) is 4.34. The van der Waals surface area contributed by atoms with Gasteiger partial charge in [0.1, 0.15) is 0 Å². The lowest BCUT2D eigenvalue weighted by Gasteiger charge is -2.44. The van der Waals surface area contributed by atoms with Crippen LogP contribution in [-0.4, -0.2) is 67.9 Å². The summed E-state index contributed by atoms with van der Waals surface area (Å²) in [5.41, 5.74) is 5.77. The lowest BCUT2D eigenvalue weighted by atomic mass is 9.73. The molecule has 146 valence electrons. The topological polar surface area (TPSA) is 118 Å². The van der Waals surface area contributed by atoms with Crippen molar-refractivity contribution in [2.24, 2.45) is 11.1 Å².